The molecule has 0 unspecified atom stereocenters. The molecule has 184 valence electrons. The van der Waals surface area contributed by atoms with Crippen molar-refractivity contribution >= 4 is 5.97 Å². The number of aromatic hydroxyl groups is 1. The Morgan fingerprint density at radius 1 is 0.844 bits per heavy atom. The van der Waals surface area contributed by atoms with Gasteiger partial charge in [-0.3, -0.25) is 4.79 Å². The third-order valence-electron chi connectivity index (χ3n) is 6.57. The smallest absolute Gasteiger partial charge is 0.306 e. The third kappa shape index (κ3) is 12.5. The average Bonchev–Trinajstić information content (AvgIpc) is 2.77. The van der Waals surface area contributed by atoms with Crippen LogP contribution in [0.25, 0.3) is 0 Å². The molecule has 0 amide bonds. The Kier molecular flexibility index (Phi) is 15.2. The fraction of sp³-hybridized carbons (Fsp3) is 0.759. The minimum atomic E-state index is -0.114. The number of hydrogen-bond donors (Lipinski definition) is 1. The highest BCUT2D eigenvalue weighted by Gasteiger charge is 2.23. The molecule has 0 aliphatic heterocycles. The Morgan fingerprint density at radius 3 is 2.00 bits per heavy atom. The largest absolute Gasteiger partial charge is 0.508 e. The van der Waals surface area contributed by atoms with Gasteiger partial charge in [-0.25, -0.2) is 0 Å². The average molecular weight is 447 g/mol. The summed E-state index contributed by atoms with van der Waals surface area (Å²) in [5, 5.41) is 10.3. The molecule has 32 heavy (non-hydrogen) atoms. The second kappa shape index (κ2) is 17.0. The highest BCUT2D eigenvalue weighted by Crippen LogP contribution is 2.35. The maximum Gasteiger partial charge on any atom is 0.306 e. The lowest BCUT2D eigenvalue weighted by atomic mass is 9.79. The molecule has 0 bridgehead atoms. The van der Waals surface area contributed by atoms with Gasteiger partial charge in [-0.05, 0) is 41.9 Å². The van der Waals surface area contributed by atoms with Gasteiger partial charge < -0.3 is 9.84 Å². The number of unbranched alkanes of at least 4 members (excludes halogenated alkanes) is 11. The van der Waals surface area contributed by atoms with E-state index in [9.17, 15) is 9.90 Å². The van der Waals surface area contributed by atoms with E-state index in [0.29, 0.717) is 25.2 Å². The summed E-state index contributed by atoms with van der Waals surface area (Å²) < 4.78 is 5.43. The number of aryl methyl sites for hydroxylation is 1. The molecule has 0 radical (unpaired) electrons. The fourth-order valence-electron chi connectivity index (χ4n) is 4.31. The third-order valence-corrected chi connectivity index (χ3v) is 6.57. The van der Waals surface area contributed by atoms with Crippen molar-refractivity contribution in [1.82, 2.24) is 0 Å². The van der Waals surface area contributed by atoms with E-state index in [1.165, 1.54) is 57.8 Å². The number of hydrogen-bond acceptors (Lipinski definition) is 3. The zero-order chi connectivity index (χ0) is 23.7. The molecule has 1 N–H and O–H groups in total. The van der Waals surface area contributed by atoms with E-state index in [0.717, 1.165) is 43.2 Å². The molecule has 0 fully saturated rings. The van der Waals surface area contributed by atoms with Crippen LogP contribution in [0.3, 0.4) is 0 Å². The van der Waals surface area contributed by atoms with Crippen molar-refractivity contribution in [3.8, 4) is 5.75 Å². The highest BCUT2D eigenvalue weighted by molar-refractivity contribution is 5.69. The van der Waals surface area contributed by atoms with Gasteiger partial charge in [-0.15, -0.1) is 0 Å². The number of rotatable bonds is 19. The molecule has 0 atom stereocenters. The standard InChI is InChI=1S/C29H50O3/c1-5-7-9-10-11-12-13-14-15-16-17-23-32-28(31)21-19-25-18-20-27(30)26(24-25)29(3,4)22-8-6-2/h18,20,24,30H,5-17,19,21-23H2,1-4H3. The second-order valence-corrected chi connectivity index (χ2v) is 10.1. The molecule has 1 aromatic carbocycles. The molecule has 3 nitrogen and oxygen atoms in total. The monoisotopic (exact) mass is 446 g/mol. The number of carbonyl (C=O) groups excluding carboxylic acids is 1. The molecule has 0 aliphatic rings. The van der Waals surface area contributed by atoms with Crippen LogP contribution in [0.15, 0.2) is 18.2 Å². The lowest BCUT2D eigenvalue weighted by molar-refractivity contribution is -0.143. The Morgan fingerprint density at radius 2 is 1.41 bits per heavy atom. The van der Waals surface area contributed by atoms with Crippen LogP contribution in [0.5, 0.6) is 5.75 Å². The molecule has 0 saturated carbocycles. The van der Waals surface area contributed by atoms with Crippen molar-refractivity contribution in [3.05, 3.63) is 29.3 Å². The maximum absolute atomic E-state index is 12.1. The maximum atomic E-state index is 12.1. The number of ether oxygens (including phenoxy) is 1. The molecule has 3 heteroatoms. The normalized spacial score (nSPS) is 11.6. The van der Waals surface area contributed by atoms with Gasteiger partial charge >= 0.3 is 5.97 Å². The minimum absolute atomic E-state index is 0.0638. The first kappa shape index (κ1) is 28.5. The zero-order valence-electron chi connectivity index (χ0n) is 21.5. The second-order valence-electron chi connectivity index (χ2n) is 10.1. The predicted molar refractivity (Wildman–Crippen MR) is 136 cm³/mol. The van der Waals surface area contributed by atoms with Crippen LogP contribution >= 0.6 is 0 Å². The van der Waals surface area contributed by atoms with Crippen LogP contribution in [0.2, 0.25) is 0 Å². The SMILES string of the molecule is CCCCCCCCCCCCCOC(=O)CCc1ccc(O)c(C(C)(C)CCCC)c1. The quantitative estimate of drug-likeness (QED) is 0.171. The fourth-order valence-corrected chi connectivity index (χ4v) is 4.31. The summed E-state index contributed by atoms with van der Waals surface area (Å²) >= 11 is 0. The van der Waals surface area contributed by atoms with Gasteiger partial charge in [0.25, 0.3) is 0 Å². The first-order chi connectivity index (χ1) is 15.4. The zero-order valence-corrected chi connectivity index (χ0v) is 21.5. The van der Waals surface area contributed by atoms with Gasteiger partial charge in [0.1, 0.15) is 5.75 Å². The Hall–Kier alpha value is -1.51. The number of esters is 1. The van der Waals surface area contributed by atoms with E-state index in [-0.39, 0.29) is 11.4 Å². The molecule has 0 aliphatic carbocycles. The van der Waals surface area contributed by atoms with Crippen molar-refractivity contribution in [2.75, 3.05) is 6.61 Å². The minimum Gasteiger partial charge on any atom is -0.508 e. The van der Waals surface area contributed by atoms with E-state index in [2.05, 4.69) is 33.8 Å². The van der Waals surface area contributed by atoms with Crippen molar-refractivity contribution in [3.63, 3.8) is 0 Å². The van der Waals surface area contributed by atoms with Crippen molar-refractivity contribution < 1.29 is 14.6 Å². The molecule has 1 aromatic rings. The Bertz CT molecular complexity index is 621. The van der Waals surface area contributed by atoms with Crippen LogP contribution in [0, 0.1) is 0 Å². The van der Waals surface area contributed by atoms with Gasteiger partial charge in [0.05, 0.1) is 6.61 Å². The van der Waals surface area contributed by atoms with Gasteiger partial charge in [0, 0.05) is 6.42 Å². The Balaban J connectivity index is 2.17. The van der Waals surface area contributed by atoms with Crippen LogP contribution in [-0.4, -0.2) is 17.7 Å². The van der Waals surface area contributed by atoms with E-state index in [1.807, 2.05) is 6.07 Å². The van der Waals surface area contributed by atoms with Crippen LogP contribution < -0.4 is 0 Å². The first-order valence-corrected chi connectivity index (χ1v) is 13.4. The number of benzene rings is 1. The van der Waals surface area contributed by atoms with E-state index in [1.54, 1.807) is 6.07 Å². The lowest BCUT2D eigenvalue weighted by Crippen LogP contribution is -2.17. The summed E-state index contributed by atoms with van der Waals surface area (Å²) in [4.78, 5) is 12.1. The van der Waals surface area contributed by atoms with Gasteiger partial charge in [-0.2, -0.15) is 0 Å². The molecule has 1 rings (SSSR count). The lowest BCUT2D eigenvalue weighted by Gasteiger charge is -2.26. The summed E-state index contributed by atoms with van der Waals surface area (Å²) in [6.45, 7) is 9.36. The van der Waals surface area contributed by atoms with E-state index in [4.69, 9.17) is 4.74 Å². The molecular weight excluding hydrogens is 396 g/mol. The van der Waals surface area contributed by atoms with Gasteiger partial charge in [0.2, 0.25) is 0 Å². The van der Waals surface area contributed by atoms with Crippen molar-refractivity contribution in [1.29, 1.82) is 0 Å². The van der Waals surface area contributed by atoms with Crippen LogP contribution in [0.1, 0.15) is 135 Å². The molecule has 0 aromatic heterocycles. The summed E-state index contributed by atoms with van der Waals surface area (Å²) in [7, 11) is 0. The molecule has 0 heterocycles. The van der Waals surface area contributed by atoms with Gasteiger partial charge in [0.15, 0.2) is 0 Å². The van der Waals surface area contributed by atoms with Crippen LogP contribution in [-0.2, 0) is 21.4 Å². The van der Waals surface area contributed by atoms with Crippen molar-refractivity contribution in [2.45, 2.75) is 136 Å². The molecule has 0 saturated heterocycles. The van der Waals surface area contributed by atoms with Gasteiger partial charge in [-0.1, -0.05) is 117 Å². The highest BCUT2D eigenvalue weighted by atomic mass is 16.5. The molecule has 0 spiro atoms. The summed E-state index contributed by atoms with van der Waals surface area (Å²) in [6, 6.07) is 5.77. The number of phenolic OH excluding ortho intramolecular Hbond substituents is 1. The Labute approximate surface area is 198 Å². The summed E-state index contributed by atoms with van der Waals surface area (Å²) in [5.41, 5.74) is 2.01. The van der Waals surface area contributed by atoms with E-state index >= 15 is 0 Å². The summed E-state index contributed by atoms with van der Waals surface area (Å²) in [6.07, 6.45) is 18.7. The van der Waals surface area contributed by atoms with E-state index < -0.39 is 0 Å². The first-order valence-electron chi connectivity index (χ1n) is 13.4. The molecular formula is C29H50O3. The topological polar surface area (TPSA) is 46.5 Å². The van der Waals surface area contributed by atoms with Crippen LogP contribution in [0.4, 0.5) is 0 Å². The predicted octanol–water partition coefficient (Wildman–Crippen LogP) is 8.65. The summed E-state index contributed by atoms with van der Waals surface area (Å²) in [5.74, 6) is 0.242. The number of carbonyl (C=O) groups is 1. The number of phenols is 1. The van der Waals surface area contributed by atoms with Crippen molar-refractivity contribution in [2.24, 2.45) is 0 Å².